The SMILES string of the molecule is O=C(COC1CCC(Cl)C(F)C1)NC12CCC(NC(=O)COC3CCC(Cl)CC3)(CC1)C(O)C2. The highest BCUT2D eigenvalue weighted by Crippen LogP contribution is 2.47. The fourth-order valence-corrected chi connectivity index (χ4v) is 6.56. The molecule has 0 aliphatic heterocycles. The van der Waals surface area contributed by atoms with Crippen molar-refractivity contribution in [2.24, 2.45) is 0 Å². The van der Waals surface area contributed by atoms with Crippen LogP contribution in [0.1, 0.15) is 77.0 Å². The number of carbonyl (C=O) groups excluding carboxylic acids is 2. The Bertz CT molecular complexity index is 728. The molecule has 0 radical (unpaired) electrons. The monoisotopic (exact) mass is 522 g/mol. The van der Waals surface area contributed by atoms with Gasteiger partial charge in [-0.3, -0.25) is 9.59 Å². The molecule has 10 heteroatoms. The number of hydrogen-bond acceptors (Lipinski definition) is 5. The highest BCUT2D eigenvalue weighted by Gasteiger charge is 2.55. The first-order valence-electron chi connectivity index (χ1n) is 12.6. The van der Waals surface area contributed by atoms with E-state index in [0.717, 1.165) is 25.7 Å². The lowest BCUT2D eigenvalue weighted by atomic mass is 9.60. The molecule has 2 amide bonds. The van der Waals surface area contributed by atoms with Crippen LogP contribution in [0.15, 0.2) is 0 Å². The predicted molar refractivity (Wildman–Crippen MR) is 127 cm³/mol. The molecule has 0 aromatic heterocycles. The number of aliphatic hydroxyl groups is 1. The fraction of sp³-hybridized carbons (Fsp3) is 0.917. The topological polar surface area (TPSA) is 96.9 Å². The molecule has 7 nitrogen and oxygen atoms in total. The Morgan fingerprint density at radius 2 is 1.47 bits per heavy atom. The zero-order chi connectivity index (χ0) is 24.3. The Morgan fingerprint density at radius 1 is 0.882 bits per heavy atom. The molecule has 194 valence electrons. The third kappa shape index (κ3) is 6.36. The highest BCUT2D eigenvalue weighted by molar-refractivity contribution is 6.21. The third-order valence-corrected chi connectivity index (χ3v) is 9.19. The van der Waals surface area contributed by atoms with Gasteiger partial charge in [0.1, 0.15) is 19.4 Å². The molecule has 0 heterocycles. The van der Waals surface area contributed by atoms with Gasteiger partial charge in [0.2, 0.25) is 11.8 Å². The molecule has 34 heavy (non-hydrogen) atoms. The van der Waals surface area contributed by atoms with Crippen molar-refractivity contribution in [3.8, 4) is 0 Å². The summed E-state index contributed by atoms with van der Waals surface area (Å²) < 4.78 is 25.2. The maximum Gasteiger partial charge on any atom is 0.246 e. The molecule has 4 atom stereocenters. The minimum Gasteiger partial charge on any atom is -0.391 e. The lowest BCUT2D eigenvalue weighted by molar-refractivity contribution is -0.142. The second-order valence-corrected chi connectivity index (χ2v) is 11.9. The van der Waals surface area contributed by atoms with Crippen molar-refractivity contribution in [2.75, 3.05) is 13.2 Å². The number of fused-ring (bicyclic) bond motifs is 3. The van der Waals surface area contributed by atoms with Crippen LogP contribution in [0.4, 0.5) is 4.39 Å². The summed E-state index contributed by atoms with van der Waals surface area (Å²) in [6.45, 7) is -0.149. The van der Waals surface area contributed by atoms with E-state index in [1.807, 2.05) is 0 Å². The van der Waals surface area contributed by atoms with Crippen LogP contribution < -0.4 is 10.6 Å². The lowest BCUT2D eigenvalue weighted by Crippen LogP contribution is -2.70. The Hall–Kier alpha value is -0.670. The van der Waals surface area contributed by atoms with Crippen LogP contribution in [0.5, 0.6) is 0 Å². The first-order chi connectivity index (χ1) is 16.2. The van der Waals surface area contributed by atoms with Gasteiger partial charge >= 0.3 is 0 Å². The molecule has 5 fully saturated rings. The molecular formula is C24H37Cl2FN2O5. The van der Waals surface area contributed by atoms with Crippen molar-refractivity contribution >= 4 is 35.0 Å². The summed E-state index contributed by atoms with van der Waals surface area (Å²) in [4.78, 5) is 25.2. The number of rotatable bonds is 8. The van der Waals surface area contributed by atoms with Gasteiger partial charge in [0.15, 0.2) is 0 Å². The maximum absolute atomic E-state index is 13.8. The van der Waals surface area contributed by atoms with Crippen molar-refractivity contribution < 1.29 is 28.6 Å². The zero-order valence-electron chi connectivity index (χ0n) is 19.6. The third-order valence-electron chi connectivity index (χ3n) is 8.26. The Morgan fingerprint density at radius 3 is 2.09 bits per heavy atom. The number of amides is 2. The van der Waals surface area contributed by atoms with E-state index in [4.69, 9.17) is 32.7 Å². The quantitative estimate of drug-likeness (QED) is 0.425. The summed E-state index contributed by atoms with van der Waals surface area (Å²) in [6.07, 6.45) is 5.72. The summed E-state index contributed by atoms with van der Waals surface area (Å²) in [5, 5.41) is 16.7. The van der Waals surface area contributed by atoms with E-state index in [0.29, 0.717) is 44.9 Å². The van der Waals surface area contributed by atoms with E-state index < -0.39 is 28.7 Å². The van der Waals surface area contributed by atoms with Gasteiger partial charge in [0, 0.05) is 17.3 Å². The minimum atomic E-state index is -1.11. The fourth-order valence-electron chi connectivity index (χ4n) is 6.08. The van der Waals surface area contributed by atoms with Crippen LogP contribution >= 0.6 is 23.2 Å². The van der Waals surface area contributed by atoms with E-state index in [9.17, 15) is 19.1 Å². The van der Waals surface area contributed by atoms with Gasteiger partial charge in [-0.15, -0.1) is 23.2 Å². The molecule has 4 unspecified atom stereocenters. The molecule has 3 N–H and O–H groups in total. The number of aliphatic hydroxyl groups excluding tert-OH is 1. The van der Waals surface area contributed by atoms with Crippen molar-refractivity contribution in [3.63, 3.8) is 0 Å². The number of ether oxygens (including phenoxy) is 2. The van der Waals surface area contributed by atoms with Gasteiger partial charge < -0.3 is 25.2 Å². The van der Waals surface area contributed by atoms with Crippen molar-refractivity contribution in [1.29, 1.82) is 0 Å². The van der Waals surface area contributed by atoms with E-state index >= 15 is 0 Å². The van der Waals surface area contributed by atoms with Gasteiger partial charge in [-0.25, -0.2) is 4.39 Å². The van der Waals surface area contributed by atoms with Crippen molar-refractivity contribution in [1.82, 2.24) is 10.6 Å². The molecule has 2 bridgehead atoms. The molecule has 5 aliphatic rings. The number of alkyl halides is 3. The first-order valence-corrected chi connectivity index (χ1v) is 13.5. The Kier molecular flexibility index (Phi) is 8.66. The standard InChI is InChI=1S/C24H37Cl2FN2O5/c25-15-1-3-16(4-2-15)33-14-22(32)29-24-9-7-23(8-10-24,12-20(24)30)28-21(31)13-34-17-5-6-18(26)19(27)11-17/h15-20,30H,1-14H2,(H,28,31)(H,29,32). The number of halogens is 3. The Labute approximate surface area is 210 Å². The van der Waals surface area contributed by atoms with E-state index in [1.165, 1.54) is 0 Å². The van der Waals surface area contributed by atoms with E-state index in [-0.39, 0.29) is 49.0 Å². The summed E-state index contributed by atoms with van der Waals surface area (Å²) in [7, 11) is 0. The van der Waals surface area contributed by atoms with Crippen LogP contribution in [-0.2, 0) is 19.1 Å². The second kappa shape index (κ2) is 11.2. The Balaban J connectivity index is 1.20. The number of nitrogens with one attached hydrogen (secondary N) is 2. The predicted octanol–water partition coefficient (Wildman–Crippen LogP) is 3.12. The zero-order valence-corrected chi connectivity index (χ0v) is 21.1. The molecule has 5 rings (SSSR count). The maximum atomic E-state index is 13.8. The molecular weight excluding hydrogens is 486 g/mol. The van der Waals surface area contributed by atoms with Gasteiger partial charge in [0.05, 0.1) is 29.2 Å². The number of hydrogen-bond donors (Lipinski definition) is 3. The summed E-state index contributed by atoms with van der Waals surface area (Å²) >= 11 is 12.0. The van der Waals surface area contributed by atoms with Crippen molar-refractivity contribution in [3.05, 3.63) is 0 Å². The number of carbonyl (C=O) groups is 2. The van der Waals surface area contributed by atoms with E-state index in [2.05, 4.69) is 10.6 Å². The van der Waals surface area contributed by atoms with Crippen LogP contribution in [0.3, 0.4) is 0 Å². The van der Waals surface area contributed by atoms with Gasteiger partial charge in [-0.1, -0.05) is 0 Å². The molecule has 0 saturated heterocycles. The van der Waals surface area contributed by atoms with Crippen molar-refractivity contribution in [2.45, 2.75) is 123 Å². The lowest BCUT2D eigenvalue weighted by Gasteiger charge is -2.56. The van der Waals surface area contributed by atoms with Gasteiger partial charge in [0.25, 0.3) is 0 Å². The van der Waals surface area contributed by atoms with Gasteiger partial charge in [-0.2, -0.15) is 0 Å². The molecule has 0 aromatic rings. The first kappa shape index (κ1) is 26.4. The molecule has 0 spiro atoms. The van der Waals surface area contributed by atoms with Crippen LogP contribution in [0, 0.1) is 0 Å². The molecule has 0 aromatic carbocycles. The van der Waals surface area contributed by atoms with Crippen LogP contribution in [0.25, 0.3) is 0 Å². The molecule has 5 aliphatic carbocycles. The highest BCUT2D eigenvalue weighted by atomic mass is 35.5. The average Bonchev–Trinajstić information content (AvgIpc) is 2.81. The van der Waals surface area contributed by atoms with Gasteiger partial charge in [-0.05, 0) is 70.6 Å². The summed E-state index contributed by atoms with van der Waals surface area (Å²) in [5.41, 5.74) is -1.17. The summed E-state index contributed by atoms with van der Waals surface area (Å²) in [5.74, 6) is -0.467. The summed E-state index contributed by atoms with van der Waals surface area (Å²) in [6, 6.07) is 0. The molecule has 5 saturated carbocycles. The average molecular weight is 523 g/mol. The smallest absolute Gasteiger partial charge is 0.246 e. The van der Waals surface area contributed by atoms with E-state index in [1.54, 1.807) is 0 Å². The van der Waals surface area contributed by atoms with Crippen LogP contribution in [0.2, 0.25) is 0 Å². The normalized spacial score (nSPS) is 42.2. The minimum absolute atomic E-state index is 0.0172. The largest absolute Gasteiger partial charge is 0.391 e. The second-order valence-electron chi connectivity index (χ2n) is 10.7. The van der Waals surface area contributed by atoms with Crippen LogP contribution in [-0.4, -0.2) is 76.5 Å².